The molecule has 0 bridgehead atoms. The normalized spacial score (nSPS) is 10.2. The Bertz CT molecular complexity index is 376. The third kappa shape index (κ3) is 1.96. The Labute approximate surface area is 77.6 Å². The average Bonchev–Trinajstić information content (AvgIpc) is 2.53. The van der Waals surface area contributed by atoms with Crippen molar-refractivity contribution >= 4 is 0 Å². The Kier molecular flexibility index (Phi) is 2.13. The SMILES string of the molecule is Cc1[c]c(Cc2ccccc2)[nH]n1. The number of hydrogen-bond acceptors (Lipinski definition) is 1. The Morgan fingerprint density at radius 2 is 2.08 bits per heavy atom. The number of nitrogens with one attached hydrogen (secondary N) is 1. The second kappa shape index (κ2) is 3.44. The first-order valence-corrected chi connectivity index (χ1v) is 4.32. The van der Waals surface area contributed by atoms with Crippen molar-refractivity contribution < 1.29 is 0 Å². The quantitative estimate of drug-likeness (QED) is 0.736. The molecule has 1 aromatic heterocycles. The lowest BCUT2D eigenvalue weighted by Gasteiger charge is -1.95. The molecule has 0 saturated heterocycles. The van der Waals surface area contributed by atoms with Crippen molar-refractivity contribution in [2.75, 3.05) is 0 Å². The van der Waals surface area contributed by atoms with Crippen molar-refractivity contribution in [1.82, 2.24) is 10.2 Å². The highest BCUT2D eigenvalue weighted by Gasteiger charge is 1.98. The van der Waals surface area contributed by atoms with Gasteiger partial charge in [0, 0.05) is 18.2 Å². The lowest BCUT2D eigenvalue weighted by atomic mass is 10.1. The highest BCUT2D eigenvalue weighted by molar-refractivity contribution is 5.21. The lowest BCUT2D eigenvalue weighted by Crippen LogP contribution is -1.87. The molecule has 0 amide bonds. The fourth-order valence-electron chi connectivity index (χ4n) is 1.31. The molecule has 65 valence electrons. The number of rotatable bonds is 2. The van der Waals surface area contributed by atoms with Gasteiger partial charge in [-0.15, -0.1) is 0 Å². The van der Waals surface area contributed by atoms with E-state index < -0.39 is 0 Å². The van der Waals surface area contributed by atoms with Gasteiger partial charge in [0.2, 0.25) is 0 Å². The van der Waals surface area contributed by atoms with Gasteiger partial charge >= 0.3 is 0 Å². The summed E-state index contributed by atoms with van der Waals surface area (Å²) in [7, 11) is 0. The van der Waals surface area contributed by atoms with Gasteiger partial charge in [-0.25, -0.2) is 0 Å². The van der Waals surface area contributed by atoms with E-state index in [2.05, 4.69) is 28.4 Å². The van der Waals surface area contributed by atoms with Crippen molar-refractivity contribution in [2.45, 2.75) is 13.3 Å². The summed E-state index contributed by atoms with van der Waals surface area (Å²) in [4.78, 5) is 0. The molecule has 0 atom stereocenters. The van der Waals surface area contributed by atoms with Crippen LogP contribution in [0.4, 0.5) is 0 Å². The maximum Gasteiger partial charge on any atom is 0.0673 e. The van der Waals surface area contributed by atoms with E-state index in [0.717, 1.165) is 17.8 Å². The summed E-state index contributed by atoms with van der Waals surface area (Å²) in [6.45, 7) is 1.94. The highest BCUT2D eigenvalue weighted by atomic mass is 15.1. The molecule has 0 aliphatic heterocycles. The van der Waals surface area contributed by atoms with E-state index >= 15 is 0 Å². The predicted octanol–water partition coefficient (Wildman–Crippen LogP) is 2.11. The molecule has 13 heavy (non-hydrogen) atoms. The van der Waals surface area contributed by atoms with Crippen molar-refractivity contribution in [3.8, 4) is 0 Å². The van der Waals surface area contributed by atoms with Crippen LogP contribution in [0, 0.1) is 13.0 Å². The first-order valence-electron chi connectivity index (χ1n) is 4.32. The molecule has 2 rings (SSSR count). The van der Waals surface area contributed by atoms with Gasteiger partial charge in [0.15, 0.2) is 0 Å². The summed E-state index contributed by atoms with van der Waals surface area (Å²) in [6, 6.07) is 13.5. The fourth-order valence-corrected chi connectivity index (χ4v) is 1.31. The van der Waals surface area contributed by atoms with Crippen LogP contribution in [0.2, 0.25) is 0 Å². The van der Waals surface area contributed by atoms with Crippen LogP contribution in [-0.2, 0) is 6.42 Å². The summed E-state index contributed by atoms with van der Waals surface area (Å²) in [6.07, 6.45) is 0.877. The minimum Gasteiger partial charge on any atom is -0.281 e. The summed E-state index contributed by atoms with van der Waals surface area (Å²) in [5.41, 5.74) is 3.25. The number of H-pyrrole nitrogens is 1. The van der Waals surface area contributed by atoms with E-state index in [0.29, 0.717) is 0 Å². The topological polar surface area (TPSA) is 28.7 Å². The van der Waals surface area contributed by atoms with Crippen LogP contribution in [0.25, 0.3) is 0 Å². The summed E-state index contributed by atoms with van der Waals surface area (Å²) in [5, 5.41) is 6.98. The lowest BCUT2D eigenvalue weighted by molar-refractivity contribution is 0.979. The predicted molar refractivity (Wildman–Crippen MR) is 51.4 cm³/mol. The zero-order valence-electron chi connectivity index (χ0n) is 7.54. The molecule has 1 aromatic carbocycles. The van der Waals surface area contributed by atoms with Gasteiger partial charge in [-0.3, -0.25) is 5.10 Å². The van der Waals surface area contributed by atoms with Crippen LogP contribution >= 0.6 is 0 Å². The number of hydrogen-bond donors (Lipinski definition) is 1. The first kappa shape index (κ1) is 8.05. The molecular weight excluding hydrogens is 160 g/mol. The monoisotopic (exact) mass is 171 g/mol. The van der Waals surface area contributed by atoms with Crippen LogP contribution in [-0.4, -0.2) is 10.2 Å². The second-order valence-corrected chi connectivity index (χ2v) is 3.07. The van der Waals surface area contributed by atoms with Gasteiger partial charge in [0.05, 0.1) is 5.69 Å². The molecule has 2 heteroatoms. The van der Waals surface area contributed by atoms with Gasteiger partial charge in [0.25, 0.3) is 0 Å². The molecule has 0 aliphatic carbocycles. The van der Waals surface area contributed by atoms with E-state index in [1.54, 1.807) is 0 Å². The second-order valence-electron chi connectivity index (χ2n) is 3.07. The van der Waals surface area contributed by atoms with Crippen molar-refractivity contribution in [2.24, 2.45) is 0 Å². The molecule has 1 heterocycles. The van der Waals surface area contributed by atoms with Gasteiger partial charge in [-0.05, 0) is 12.5 Å². The highest BCUT2D eigenvalue weighted by Crippen LogP contribution is 2.06. The van der Waals surface area contributed by atoms with Crippen LogP contribution in [0.15, 0.2) is 30.3 Å². The van der Waals surface area contributed by atoms with Crippen molar-refractivity contribution in [3.63, 3.8) is 0 Å². The summed E-state index contributed by atoms with van der Waals surface area (Å²) in [5.74, 6) is 0. The van der Waals surface area contributed by atoms with Gasteiger partial charge < -0.3 is 0 Å². The smallest absolute Gasteiger partial charge is 0.0673 e. The number of aryl methyl sites for hydroxylation is 1. The largest absolute Gasteiger partial charge is 0.281 e. The molecule has 2 aromatic rings. The third-order valence-corrected chi connectivity index (χ3v) is 1.91. The van der Waals surface area contributed by atoms with Crippen LogP contribution < -0.4 is 0 Å². The molecule has 0 saturated carbocycles. The Morgan fingerprint density at radius 1 is 1.31 bits per heavy atom. The van der Waals surface area contributed by atoms with Gasteiger partial charge in [-0.2, -0.15) is 5.10 Å². The molecule has 1 N–H and O–H groups in total. The van der Waals surface area contributed by atoms with E-state index in [1.807, 2.05) is 25.1 Å². The van der Waals surface area contributed by atoms with E-state index in [1.165, 1.54) is 5.56 Å². The molecule has 1 radical (unpaired) electrons. The van der Waals surface area contributed by atoms with E-state index in [-0.39, 0.29) is 0 Å². The van der Waals surface area contributed by atoms with Gasteiger partial charge in [0.1, 0.15) is 0 Å². The van der Waals surface area contributed by atoms with E-state index in [9.17, 15) is 0 Å². The maximum absolute atomic E-state index is 4.03. The number of benzene rings is 1. The van der Waals surface area contributed by atoms with Crippen molar-refractivity contribution in [3.05, 3.63) is 53.3 Å². The summed E-state index contributed by atoms with van der Waals surface area (Å²) >= 11 is 0. The fraction of sp³-hybridized carbons (Fsp3) is 0.182. The minimum atomic E-state index is 0.877. The zero-order valence-corrected chi connectivity index (χ0v) is 7.54. The van der Waals surface area contributed by atoms with Crippen LogP contribution in [0.5, 0.6) is 0 Å². The molecule has 0 aliphatic rings. The molecule has 2 nitrogen and oxygen atoms in total. The average molecular weight is 171 g/mol. The number of nitrogens with zero attached hydrogens (tertiary/aromatic N) is 1. The molecule has 0 unspecified atom stereocenters. The number of aromatic amines is 1. The van der Waals surface area contributed by atoms with E-state index in [4.69, 9.17) is 0 Å². The van der Waals surface area contributed by atoms with Crippen LogP contribution in [0.3, 0.4) is 0 Å². The summed E-state index contributed by atoms with van der Waals surface area (Å²) < 4.78 is 0. The Hall–Kier alpha value is -1.57. The first-order chi connectivity index (χ1) is 6.34. The zero-order chi connectivity index (χ0) is 9.10. The minimum absolute atomic E-state index is 0.877. The standard InChI is InChI=1S/C11H11N2/c1-9-7-11(13-12-9)8-10-5-3-2-4-6-10/h2-6H,8H2,1H3,(H,12,13). The molecular formula is C11H11N2. The molecule has 0 spiro atoms. The Morgan fingerprint density at radius 3 is 2.69 bits per heavy atom. The van der Waals surface area contributed by atoms with Crippen molar-refractivity contribution in [1.29, 1.82) is 0 Å². The Balaban J connectivity index is 2.15. The number of aromatic nitrogens is 2. The molecule has 0 fully saturated rings. The van der Waals surface area contributed by atoms with Crippen LogP contribution in [0.1, 0.15) is 17.0 Å². The van der Waals surface area contributed by atoms with Gasteiger partial charge in [-0.1, -0.05) is 30.3 Å². The third-order valence-electron chi connectivity index (χ3n) is 1.91. The maximum atomic E-state index is 4.03.